The van der Waals surface area contributed by atoms with E-state index in [1.807, 2.05) is 40.3 Å². The average molecular weight is 565 g/mol. The molecule has 3 aromatic rings. The number of halogens is 3. The Morgan fingerprint density at radius 2 is 1.68 bits per heavy atom. The summed E-state index contributed by atoms with van der Waals surface area (Å²) in [6, 6.07) is 15.6. The number of phenols is 1. The molecular formula is C31H31F3N4O3. The van der Waals surface area contributed by atoms with Crippen LogP contribution in [0.4, 0.5) is 13.2 Å². The highest BCUT2D eigenvalue weighted by atomic mass is 19.1. The van der Waals surface area contributed by atoms with Crippen molar-refractivity contribution < 1.29 is 27.9 Å². The smallest absolute Gasteiger partial charge is 0.246 e. The summed E-state index contributed by atoms with van der Waals surface area (Å²) in [4.78, 5) is 30.4. The third-order valence-corrected chi connectivity index (χ3v) is 7.59. The molecule has 0 radical (unpaired) electrons. The number of hydrazine groups is 1. The minimum absolute atomic E-state index is 0.00569. The number of amides is 2. The van der Waals surface area contributed by atoms with Gasteiger partial charge in [0.1, 0.15) is 35.4 Å². The maximum Gasteiger partial charge on any atom is 0.246 e. The van der Waals surface area contributed by atoms with Gasteiger partial charge in [0.2, 0.25) is 11.8 Å². The number of hydrogen-bond acceptors (Lipinski definition) is 5. The van der Waals surface area contributed by atoms with Crippen LogP contribution in [0.2, 0.25) is 0 Å². The lowest BCUT2D eigenvalue weighted by Crippen LogP contribution is -2.75. The summed E-state index contributed by atoms with van der Waals surface area (Å²) in [5, 5.41) is 13.6. The molecule has 2 fully saturated rings. The van der Waals surface area contributed by atoms with Crippen LogP contribution in [0.3, 0.4) is 0 Å². The molecular weight excluding hydrogens is 533 g/mol. The Hall–Kier alpha value is -4.15. The van der Waals surface area contributed by atoms with Gasteiger partial charge in [-0.05, 0) is 29.7 Å². The maximum atomic E-state index is 14.8. The van der Waals surface area contributed by atoms with Crippen molar-refractivity contribution >= 4 is 11.8 Å². The number of piperazine rings is 1. The number of nitrogens with zero attached hydrogens (tertiary/aromatic N) is 4. The van der Waals surface area contributed by atoms with Gasteiger partial charge in [-0.25, -0.2) is 23.2 Å². The standard InChI is InChI=1S/C31H31F3N4O3/c1-2-13-36-20-30(40)38-28(15-22-9-11-25(39)17-27(22)34)31(41)35(18-23-8-10-24(32)16-26(23)33)19-29(38)37(36)14-12-21-6-4-3-5-7-21/h2-11,16-17,28-29,39H,1,12-15,18-20H2/t28-,29+/m0/s1. The summed E-state index contributed by atoms with van der Waals surface area (Å²) >= 11 is 0. The highest BCUT2D eigenvalue weighted by Crippen LogP contribution is 2.30. The van der Waals surface area contributed by atoms with Crippen LogP contribution in [-0.2, 0) is 29.0 Å². The molecule has 2 amide bonds. The Balaban J connectivity index is 1.52. The number of carbonyl (C=O) groups is 2. The monoisotopic (exact) mass is 564 g/mol. The Bertz CT molecular complexity index is 1440. The van der Waals surface area contributed by atoms with Gasteiger partial charge in [0.15, 0.2) is 0 Å². The summed E-state index contributed by atoms with van der Waals surface area (Å²) < 4.78 is 43.1. The Morgan fingerprint density at radius 1 is 0.951 bits per heavy atom. The molecule has 0 aliphatic carbocycles. The SMILES string of the molecule is C=CCN1CC(=O)N2[C@@H](Cc3ccc(O)cc3F)C(=O)N(Cc3ccc(F)cc3F)C[C@@H]2N1CCc1ccccc1. The van der Waals surface area contributed by atoms with Crippen molar-refractivity contribution in [1.29, 1.82) is 0 Å². The molecule has 7 nitrogen and oxygen atoms in total. The van der Waals surface area contributed by atoms with Crippen LogP contribution >= 0.6 is 0 Å². The summed E-state index contributed by atoms with van der Waals surface area (Å²) in [5.41, 5.74) is 1.38. The van der Waals surface area contributed by atoms with Crippen molar-refractivity contribution in [2.45, 2.75) is 31.6 Å². The number of rotatable bonds is 9. The van der Waals surface area contributed by atoms with Crippen molar-refractivity contribution in [1.82, 2.24) is 19.8 Å². The van der Waals surface area contributed by atoms with E-state index in [4.69, 9.17) is 0 Å². The van der Waals surface area contributed by atoms with Gasteiger partial charge in [-0.2, -0.15) is 0 Å². The zero-order chi connectivity index (χ0) is 29.1. The predicted octanol–water partition coefficient (Wildman–Crippen LogP) is 3.88. The van der Waals surface area contributed by atoms with Crippen molar-refractivity contribution in [2.24, 2.45) is 0 Å². The van der Waals surface area contributed by atoms with Gasteiger partial charge in [-0.1, -0.05) is 48.5 Å². The molecule has 41 heavy (non-hydrogen) atoms. The maximum absolute atomic E-state index is 14.8. The van der Waals surface area contributed by atoms with E-state index in [1.165, 1.54) is 28.0 Å². The molecule has 2 aliphatic rings. The Labute approximate surface area is 236 Å². The zero-order valence-corrected chi connectivity index (χ0v) is 22.4. The Morgan fingerprint density at radius 3 is 2.39 bits per heavy atom. The van der Waals surface area contributed by atoms with E-state index >= 15 is 0 Å². The van der Waals surface area contributed by atoms with Crippen LogP contribution in [0.15, 0.2) is 79.4 Å². The number of phenolic OH excluding ortho intramolecular Hbond substituents is 1. The molecule has 3 aromatic carbocycles. The molecule has 0 unspecified atom stereocenters. The fourth-order valence-corrected chi connectivity index (χ4v) is 5.60. The normalized spacial score (nSPS) is 19.9. The summed E-state index contributed by atoms with van der Waals surface area (Å²) in [7, 11) is 0. The Kier molecular flexibility index (Phi) is 8.41. The first-order valence-corrected chi connectivity index (χ1v) is 13.4. The van der Waals surface area contributed by atoms with E-state index in [2.05, 4.69) is 6.58 Å². The lowest BCUT2D eigenvalue weighted by atomic mass is 9.97. The number of aromatic hydroxyl groups is 1. The van der Waals surface area contributed by atoms with E-state index in [9.17, 15) is 27.9 Å². The molecule has 0 aromatic heterocycles. The van der Waals surface area contributed by atoms with Crippen LogP contribution in [-0.4, -0.2) is 75.1 Å². The van der Waals surface area contributed by atoms with Crippen LogP contribution < -0.4 is 0 Å². The zero-order valence-electron chi connectivity index (χ0n) is 22.4. The van der Waals surface area contributed by atoms with Gasteiger partial charge in [0, 0.05) is 43.8 Å². The molecule has 5 rings (SSSR count). The molecule has 0 bridgehead atoms. The van der Waals surface area contributed by atoms with Crippen LogP contribution in [0.5, 0.6) is 5.75 Å². The first kappa shape index (κ1) is 28.4. The van der Waals surface area contributed by atoms with Crippen LogP contribution in [0.25, 0.3) is 0 Å². The first-order chi connectivity index (χ1) is 19.7. The fourth-order valence-electron chi connectivity index (χ4n) is 5.60. The van der Waals surface area contributed by atoms with Gasteiger partial charge >= 0.3 is 0 Å². The highest BCUT2D eigenvalue weighted by molar-refractivity contribution is 5.90. The molecule has 2 heterocycles. The molecule has 2 atom stereocenters. The summed E-state index contributed by atoms with van der Waals surface area (Å²) in [6.45, 7) is 4.66. The largest absolute Gasteiger partial charge is 0.508 e. The number of carbonyl (C=O) groups excluding carboxylic acids is 2. The number of fused-ring (bicyclic) bond motifs is 1. The van der Waals surface area contributed by atoms with Crippen molar-refractivity contribution in [3.05, 3.63) is 114 Å². The molecule has 10 heteroatoms. The molecule has 1 N–H and O–H groups in total. The minimum atomic E-state index is -1.08. The van der Waals surface area contributed by atoms with Crippen molar-refractivity contribution in [3.63, 3.8) is 0 Å². The average Bonchev–Trinajstić information content (AvgIpc) is 2.94. The van der Waals surface area contributed by atoms with E-state index in [1.54, 1.807) is 6.08 Å². The number of benzene rings is 3. The second kappa shape index (κ2) is 12.2. The fraction of sp³-hybridized carbons (Fsp3) is 0.290. The predicted molar refractivity (Wildman–Crippen MR) is 147 cm³/mol. The van der Waals surface area contributed by atoms with Crippen molar-refractivity contribution in [2.75, 3.05) is 26.2 Å². The highest BCUT2D eigenvalue weighted by Gasteiger charge is 2.49. The van der Waals surface area contributed by atoms with E-state index < -0.39 is 35.6 Å². The molecule has 0 spiro atoms. The van der Waals surface area contributed by atoms with E-state index in [0.29, 0.717) is 19.5 Å². The van der Waals surface area contributed by atoms with E-state index in [0.717, 1.165) is 23.8 Å². The van der Waals surface area contributed by atoms with E-state index in [-0.39, 0.29) is 48.8 Å². The third kappa shape index (κ3) is 6.13. The number of hydrogen-bond donors (Lipinski definition) is 1. The molecule has 2 aliphatic heterocycles. The van der Waals surface area contributed by atoms with Crippen LogP contribution in [0.1, 0.15) is 16.7 Å². The molecule has 2 saturated heterocycles. The second-order valence-electron chi connectivity index (χ2n) is 10.3. The third-order valence-electron chi connectivity index (χ3n) is 7.59. The quantitative estimate of drug-likeness (QED) is 0.400. The van der Waals surface area contributed by atoms with Gasteiger partial charge in [0.05, 0.1) is 13.1 Å². The summed E-state index contributed by atoms with van der Waals surface area (Å²) in [5.74, 6) is -3.23. The minimum Gasteiger partial charge on any atom is -0.508 e. The topological polar surface area (TPSA) is 67.3 Å². The first-order valence-electron chi connectivity index (χ1n) is 13.4. The van der Waals surface area contributed by atoms with Gasteiger partial charge in [-0.15, -0.1) is 6.58 Å². The van der Waals surface area contributed by atoms with Crippen LogP contribution in [0, 0.1) is 17.5 Å². The molecule has 0 saturated carbocycles. The lowest BCUT2D eigenvalue weighted by molar-refractivity contribution is -0.201. The van der Waals surface area contributed by atoms with Gasteiger partial charge < -0.3 is 14.9 Å². The van der Waals surface area contributed by atoms with Gasteiger partial charge in [-0.3, -0.25) is 9.59 Å². The summed E-state index contributed by atoms with van der Waals surface area (Å²) in [6.07, 6.45) is 1.60. The lowest BCUT2D eigenvalue weighted by Gasteiger charge is -2.55. The molecule has 214 valence electrons. The van der Waals surface area contributed by atoms with Gasteiger partial charge in [0.25, 0.3) is 0 Å². The second-order valence-corrected chi connectivity index (χ2v) is 10.3. The van der Waals surface area contributed by atoms with Crippen molar-refractivity contribution in [3.8, 4) is 5.75 Å².